The molecule has 2 aromatic carbocycles. The van der Waals surface area contributed by atoms with E-state index < -0.39 is 11.8 Å². The van der Waals surface area contributed by atoms with Crippen LogP contribution in [-0.2, 0) is 16.0 Å². The number of amides is 2. The maximum absolute atomic E-state index is 12.3. The number of carbonyl (C=O) groups excluding carboxylic acids is 2. The standard InChI is InChI=1S/C20H18ClN3O2/c21-16-7-5-15(6-8-16)18(14-3-4-14)24-20(26)19(25)23-17-9-1-13(2-10-17)11-12-22/h1-2,5-10,14,18H,3-4,11H2,(H,23,25)(H,24,26). The highest BCUT2D eigenvalue weighted by atomic mass is 35.5. The van der Waals surface area contributed by atoms with Gasteiger partial charge in [0.1, 0.15) is 0 Å². The van der Waals surface area contributed by atoms with Crippen LogP contribution in [0.1, 0.15) is 30.0 Å². The van der Waals surface area contributed by atoms with Crippen molar-refractivity contribution in [1.29, 1.82) is 5.26 Å². The van der Waals surface area contributed by atoms with Crippen LogP contribution in [0.3, 0.4) is 0 Å². The topological polar surface area (TPSA) is 82.0 Å². The third-order valence-electron chi connectivity index (χ3n) is 4.31. The molecule has 0 saturated heterocycles. The van der Waals surface area contributed by atoms with Crippen molar-refractivity contribution in [2.45, 2.75) is 25.3 Å². The van der Waals surface area contributed by atoms with Crippen molar-refractivity contribution in [2.24, 2.45) is 5.92 Å². The smallest absolute Gasteiger partial charge is 0.313 e. The fourth-order valence-electron chi connectivity index (χ4n) is 2.76. The fourth-order valence-corrected chi connectivity index (χ4v) is 2.89. The summed E-state index contributed by atoms with van der Waals surface area (Å²) in [6.07, 6.45) is 2.35. The normalized spacial score (nSPS) is 14.2. The van der Waals surface area contributed by atoms with E-state index in [1.54, 1.807) is 36.4 Å². The van der Waals surface area contributed by atoms with Crippen molar-refractivity contribution in [3.63, 3.8) is 0 Å². The van der Waals surface area contributed by atoms with Gasteiger partial charge in [0.15, 0.2) is 0 Å². The Labute approximate surface area is 157 Å². The second-order valence-electron chi connectivity index (χ2n) is 6.33. The summed E-state index contributed by atoms with van der Waals surface area (Å²) >= 11 is 5.92. The maximum atomic E-state index is 12.3. The maximum Gasteiger partial charge on any atom is 0.313 e. The number of anilines is 1. The fraction of sp³-hybridized carbons (Fsp3) is 0.250. The molecule has 0 spiro atoms. The molecule has 2 amide bonds. The summed E-state index contributed by atoms with van der Waals surface area (Å²) < 4.78 is 0. The molecule has 0 heterocycles. The summed E-state index contributed by atoms with van der Waals surface area (Å²) in [6, 6.07) is 16.0. The van der Waals surface area contributed by atoms with E-state index in [1.807, 2.05) is 12.1 Å². The summed E-state index contributed by atoms with van der Waals surface area (Å²) in [4.78, 5) is 24.5. The Morgan fingerprint density at radius 3 is 2.31 bits per heavy atom. The lowest BCUT2D eigenvalue weighted by atomic mass is 10.0. The van der Waals surface area contributed by atoms with Gasteiger partial charge in [-0.3, -0.25) is 9.59 Å². The number of nitrogens with zero attached hydrogens (tertiary/aromatic N) is 1. The summed E-state index contributed by atoms with van der Waals surface area (Å²) in [6.45, 7) is 0. The van der Waals surface area contributed by atoms with Gasteiger partial charge < -0.3 is 10.6 Å². The van der Waals surface area contributed by atoms with Gasteiger partial charge in [-0.1, -0.05) is 35.9 Å². The summed E-state index contributed by atoms with van der Waals surface area (Å²) in [7, 11) is 0. The molecule has 0 aliphatic heterocycles. The van der Waals surface area contributed by atoms with E-state index in [2.05, 4.69) is 16.7 Å². The molecular weight excluding hydrogens is 350 g/mol. The number of hydrogen-bond donors (Lipinski definition) is 2. The minimum atomic E-state index is -0.711. The average molecular weight is 368 g/mol. The Morgan fingerprint density at radius 2 is 1.73 bits per heavy atom. The number of halogens is 1. The van der Waals surface area contributed by atoms with E-state index in [0.717, 1.165) is 24.0 Å². The van der Waals surface area contributed by atoms with Crippen LogP contribution in [0.25, 0.3) is 0 Å². The molecule has 3 rings (SSSR count). The zero-order chi connectivity index (χ0) is 18.5. The molecule has 5 nitrogen and oxygen atoms in total. The van der Waals surface area contributed by atoms with E-state index in [1.165, 1.54) is 0 Å². The Kier molecular flexibility index (Phi) is 5.55. The van der Waals surface area contributed by atoms with Gasteiger partial charge in [-0.2, -0.15) is 5.26 Å². The van der Waals surface area contributed by atoms with Gasteiger partial charge in [-0.25, -0.2) is 0 Å². The predicted molar refractivity (Wildman–Crippen MR) is 99.4 cm³/mol. The van der Waals surface area contributed by atoms with Crippen LogP contribution in [0.4, 0.5) is 5.69 Å². The van der Waals surface area contributed by atoms with E-state index in [-0.39, 0.29) is 6.04 Å². The van der Waals surface area contributed by atoms with Crippen LogP contribution < -0.4 is 10.6 Å². The lowest BCUT2D eigenvalue weighted by Gasteiger charge is -2.18. The first-order valence-corrected chi connectivity index (χ1v) is 8.78. The number of rotatable bonds is 5. The average Bonchev–Trinajstić information content (AvgIpc) is 3.47. The molecule has 0 bridgehead atoms. The van der Waals surface area contributed by atoms with Crippen molar-refractivity contribution in [2.75, 3.05) is 5.32 Å². The number of hydrogen-bond acceptors (Lipinski definition) is 3. The second kappa shape index (κ2) is 8.03. The SMILES string of the molecule is N#CCc1ccc(NC(=O)C(=O)NC(c2ccc(Cl)cc2)C2CC2)cc1. The first-order chi connectivity index (χ1) is 12.6. The summed E-state index contributed by atoms with van der Waals surface area (Å²) in [5.74, 6) is -1.03. The van der Waals surface area contributed by atoms with Crippen LogP contribution in [0.2, 0.25) is 5.02 Å². The molecule has 0 radical (unpaired) electrons. The second-order valence-corrected chi connectivity index (χ2v) is 6.76. The molecule has 2 aromatic rings. The third-order valence-corrected chi connectivity index (χ3v) is 4.56. The Hall–Kier alpha value is -2.84. The lowest BCUT2D eigenvalue weighted by molar-refractivity contribution is -0.136. The molecule has 1 fully saturated rings. The van der Waals surface area contributed by atoms with E-state index in [4.69, 9.17) is 16.9 Å². The van der Waals surface area contributed by atoms with Gasteiger partial charge in [0, 0.05) is 10.7 Å². The molecule has 26 heavy (non-hydrogen) atoms. The number of nitrogens with one attached hydrogen (secondary N) is 2. The Bertz CT molecular complexity index is 837. The van der Waals surface area contributed by atoms with Crippen molar-refractivity contribution in [3.05, 3.63) is 64.7 Å². The monoisotopic (exact) mass is 367 g/mol. The van der Waals surface area contributed by atoms with Crippen LogP contribution in [0, 0.1) is 17.2 Å². The van der Waals surface area contributed by atoms with Crippen molar-refractivity contribution in [1.82, 2.24) is 5.32 Å². The van der Waals surface area contributed by atoms with E-state index in [9.17, 15) is 9.59 Å². The van der Waals surface area contributed by atoms with Crippen LogP contribution >= 0.6 is 11.6 Å². The largest absolute Gasteiger partial charge is 0.341 e. The molecule has 1 aliphatic rings. The molecule has 1 unspecified atom stereocenters. The van der Waals surface area contributed by atoms with Gasteiger partial charge in [-0.15, -0.1) is 0 Å². The molecular formula is C20H18ClN3O2. The zero-order valence-electron chi connectivity index (χ0n) is 14.0. The molecule has 1 atom stereocenters. The number of carbonyl (C=O) groups is 2. The molecule has 1 saturated carbocycles. The first-order valence-electron chi connectivity index (χ1n) is 8.40. The highest BCUT2D eigenvalue weighted by Gasteiger charge is 2.34. The molecule has 132 valence electrons. The number of nitriles is 1. The van der Waals surface area contributed by atoms with Crippen LogP contribution in [0.5, 0.6) is 0 Å². The van der Waals surface area contributed by atoms with E-state index in [0.29, 0.717) is 23.0 Å². The highest BCUT2D eigenvalue weighted by molar-refractivity contribution is 6.39. The molecule has 2 N–H and O–H groups in total. The first kappa shape index (κ1) is 18.0. The third kappa shape index (κ3) is 4.62. The molecule has 6 heteroatoms. The minimum Gasteiger partial charge on any atom is -0.341 e. The zero-order valence-corrected chi connectivity index (χ0v) is 14.8. The van der Waals surface area contributed by atoms with Gasteiger partial charge in [-0.05, 0) is 54.2 Å². The molecule has 1 aliphatic carbocycles. The van der Waals surface area contributed by atoms with Gasteiger partial charge in [0.05, 0.1) is 18.5 Å². The van der Waals surface area contributed by atoms with Crippen LogP contribution in [0.15, 0.2) is 48.5 Å². The quantitative estimate of drug-likeness (QED) is 0.792. The lowest BCUT2D eigenvalue weighted by Crippen LogP contribution is -2.38. The highest BCUT2D eigenvalue weighted by Crippen LogP contribution is 2.41. The van der Waals surface area contributed by atoms with Crippen molar-refractivity contribution in [3.8, 4) is 6.07 Å². The summed E-state index contributed by atoms with van der Waals surface area (Å²) in [5, 5.41) is 14.7. The Balaban J connectivity index is 1.63. The predicted octanol–water partition coefficient (Wildman–Crippen LogP) is 3.61. The molecule has 0 aromatic heterocycles. The van der Waals surface area contributed by atoms with Gasteiger partial charge in [0.25, 0.3) is 0 Å². The van der Waals surface area contributed by atoms with Gasteiger partial charge in [0.2, 0.25) is 0 Å². The number of benzene rings is 2. The van der Waals surface area contributed by atoms with Crippen LogP contribution in [-0.4, -0.2) is 11.8 Å². The minimum absolute atomic E-state index is 0.191. The van der Waals surface area contributed by atoms with E-state index >= 15 is 0 Å². The van der Waals surface area contributed by atoms with Gasteiger partial charge >= 0.3 is 11.8 Å². The Morgan fingerprint density at radius 1 is 1.08 bits per heavy atom. The summed E-state index contributed by atoms with van der Waals surface area (Å²) in [5.41, 5.74) is 2.31. The van der Waals surface area contributed by atoms with Crippen molar-refractivity contribution < 1.29 is 9.59 Å². The van der Waals surface area contributed by atoms with Crippen molar-refractivity contribution >= 4 is 29.1 Å².